The summed E-state index contributed by atoms with van der Waals surface area (Å²) in [7, 11) is 0. The minimum absolute atomic E-state index is 0.107. The number of carbonyl (C=O) groups is 1. The lowest BCUT2D eigenvalue weighted by molar-refractivity contribution is -0.116. The molecular formula is C20H16FN3O3. The lowest BCUT2D eigenvalue weighted by Crippen LogP contribution is -2.25. The quantitative estimate of drug-likeness (QED) is 0.774. The van der Waals surface area contributed by atoms with E-state index in [9.17, 15) is 9.18 Å². The van der Waals surface area contributed by atoms with Crippen LogP contribution in [0.15, 0.2) is 48.7 Å². The van der Waals surface area contributed by atoms with Gasteiger partial charge < -0.3 is 14.8 Å². The minimum Gasteiger partial charge on any atom is -0.454 e. The highest BCUT2D eigenvalue weighted by Gasteiger charge is 2.30. The van der Waals surface area contributed by atoms with Gasteiger partial charge in [0.05, 0.1) is 12.7 Å². The number of carbonyl (C=O) groups excluding carboxylic acids is 1. The monoisotopic (exact) mass is 365 g/mol. The van der Waals surface area contributed by atoms with Gasteiger partial charge in [0.2, 0.25) is 12.7 Å². The second-order valence-corrected chi connectivity index (χ2v) is 6.65. The molecule has 2 aromatic carbocycles. The molecule has 136 valence electrons. The van der Waals surface area contributed by atoms with E-state index >= 15 is 0 Å². The summed E-state index contributed by atoms with van der Waals surface area (Å²) >= 11 is 0. The molecule has 0 bridgehead atoms. The third kappa shape index (κ3) is 2.81. The van der Waals surface area contributed by atoms with E-state index in [1.165, 1.54) is 12.1 Å². The van der Waals surface area contributed by atoms with Crippen molar-refractivity contribution in [1.82, 2.24) is 9.78 Å². The minimum atomic E-state index is -0.312. The number of benzene rings is 2. The Morgan fingerprint density at radius 2 is 2.07 bits per heavy atom. The molecule has 0 fully saturated rings. The molecule has 1 atom stereocenters. The summed E-state index contributed by atoms with van der Waals surface area (Å²) in [6.07, 6.45) is 2.02. The van der Waals surface area contributed by atoms with Gasteiger partial charge in [0.1, 0.15) is 11.6 Å². The van der Waals surface area contributed by atoms with Gasteiger partial charge in [-0.2, -0.15) is 5.10 Å². The second-order valence-electron chi connectivity index (χ2n) is 6.65. The first-order chi connectivity index (χ1) is 13.2. The molecule has 1 N–H and O–H groups in total. The van der Waals surface area contributed by atoms with Crippen molar-refractivity contribution in [3.05, 3.63) is 71.2 Å². The molecule has 7 heteroatoms. The number of nitrogens with zero attached hydrogens (tertiary/aromatic N) is 2. The van der Waals surface area contributed by atoms with Gasteiger partial charge in [-0.3, -0.25) is 4.79 Å². The van der Waals surface area contributed by atoms with Crippen LogP contribution in [0.3, 0.4) is 0 Å². The summed E-state index contributed by atoms with van der Waals surface area (Å²) in [5, 5.41) is 7.36. The van der Waals surface area contributed by atoms with E-state index in [-0.39, 0.29) is 30.9 Å². The van der Waals surface area contributed by atoms with Gasteiger partial charge in [-0.1, -0.05) is 18.2 Å². The van der Waals surface area contributed by atoms with Crippen molar-refractivity contribution in [2.24, 2.45) is 0 Å². The molecule has 27 heavy (non-hydrogen) atoms. The zero-order valence-corrected chi connectivity index (χ0v) is 14.3. The molecule has 3 heterocycles. The summed E-state index contributed by atoms with van der Waals surface area (Å²) in [6, 6.07) is 12.1. The third-order valence-electron chi connectivity index (χ3n) is 4.91. The van der Waals surface area contributed by atoms with Crippen LogP contribution in [0.5, 0.6) is 11.5 Å². The number of halogens is 1. The Morgan fingerprint density at radius 1 is 1.19 bits per heavy atom. The Bertz CT molecular complexity index is 1050. The first-order valence-corrected chi connectivity index (χ1v) is 8.67. The lowest BCUT2D eigenvalue weighted by atomic mass is 9.87. The number of anilines is 1. The smallest absolute Gasteiger partial charge is 0.231 e. The summed E-state index contributed by atoms with van der Waals surface area (Å²) in [6.45, 7) is 0.698. The molecule has 2 aliphatic heterocycles. The molecule has 1 amide bonds. The second kappa shape index (κ2) is 6.12. The van der Waals surface area contributed by atoms with E-state index < -0.39 is 0 Å². The van der Waals surface area contributed by atoms with Crippen LogP contribution >= 0.6 is 0 Å². The molecular weight excluding hydrogens is 349 g/mol. The van der Waals surface area contributed by atoms with E-state index in [1.54, 1.807) is 16.9 Å². The highest BCUT2D eigenvalue weighted by atomic mass is 19.1. The van der Waals surface area contributed by atoms with E-state index in [2.05, 4.69) is 10.4 Å². The molecule has 0 radical (unpaired) electrons. The number of rotatable bonds is 3. The topological polar surface area (TPSA) is 65.4 Å². The van der Waals surface area contributed by atoms with E-state index in [0.717, 1.165) is 22.4 Å². The van der Waals surface area contributed by atoms with Crippen molar-refractivity contribution >= 4 is 11.7 Å². The number of hydrogen-bond donors (Lipinski definition) is 1. The molecule has 6 nitrogen and oxygen atoms in total. The van der Waals surface area contributed by atoms with Crippen molar-refractivity contribution in [3.63, 3.8) is 0 Å². The fraction of sp³-hybridized carbons (Fsp3) is 0.200. The average Bonchev–Trinajstić information content (AvgIpc) is 3.28. The lowest BCUT2D eigenvalue weighted by Gasteiger charge is -2.24. The van der Waals surface area contributed by atoms with Crippen LogP contribution in [0.25, 0.3) is 0 Å². The predicted molar refractivity (Wildman–Crippen MR) is 95.4 cm³/mol. The zero-order valence-electron chi connectivity index (χ0n) is 14.3. The van der Waals surface area contributed by atoms with E-state index in [0.29, 0.717) is 18.1 Å². The molecule has 1 aromatic heterocycles. The fourth-order valence-corrected chi connectivity index (χ4v) is 3.62. The summed E-state index contributed by atoms with van der Waals surface area (Å²) in [5.74, 6) is 1.45. The largest absolute Gasteiger partial charge is 0.454 e. The molecule has 5 rings (SSSR count). The predicted octanol–water partition coefficient (Wildman–Crippen LogP) is 3.27. The average molecular weight is 365 g/mol. The highest BCUT2D eigenvalue weighted by Crippen LogP contribution is 2.38. The van der Waals surface area contributed by atoms with E-state index in [4.69, 9.17) is 9.47 Å². The molecule has 1 unspecified atom stereocenters. The summed E-state index contributed by atoms with van der Waals surface area (Å²) in [4.78, 5) is 12.3. The van der Waals surface area contributed by atoms with Crippen molar-refractivity contribution in [3.8, 4) is 11.5 Å². The number of amides is 1. The van der Waals surface area contributed by atoms with Gasteiger partial charge in [-0.15, -0.1) is 0 Å². The van der Waals surface area contributed by atoms with Crippen LogP contribution in [0.4, 0.5) is 10.2 Å². The zero-order chi connectivity index (χ0) is 18.4. The van der Waals surface area contributed by atoms with Crippen molar-refractivity contribution in [1.29, 1.82) is 0 Å². The molecule has 3 aromatic rings. The van der Waals surface area contributed by atoms with Crippen LogP contribution in [0, 0.1) is 5.82 Å². The van der Waals surface area contributed by atoms with Crippen molar-refractivity contribution < 1.29 is 18.7 Å². The fourth-order valence-electron chi connectivity index (χ4n) is 3.62. The van der Waals surface area contributed by atoms with Gasteiger partial charge in [-0.05, 0) is 35.4 Å². The van der Waals surface area contributed by atoms with E-state index in [1.807, 2.05) is 24.3 Å². The first-order valence-electron chi connectivity index (χ1n) is 8.67. The van der Waals surface area contributed by atoms with Crippen molar-refractivity contribution in [2.75, 3.05) is 12.1 Å². The highest BCUT2D eigenvalue weighted by molar-refractivity contribution is 5.94. The Balaban J connectivity index is 1.49. The number of aromatic nitrogens is 2. The Labute approximate surface area is 154 Å². The third-order valence-corrected chi connectivity index (χ3v) is 4.91. The van der Waals surface area contributed by atoms with Crippen LogP contribution in [-0.4, -0.2) is 22.5 Å². The van der Waals surface area contributed by atoms with Crippen molar-refractivity contribution in [2.45, 2.75) is 18.9 Å². The number of fused-ring (bicyclic) bond motifs is 2. The first kappa shape index (κ1) is 15.9. The molecule has 2 aliphatic rings. The molecule has 0 saturated heterocycles. The SMILES string of the molecule is O=C1CC(c2cccc(F)c2)c2cnn(Cc3ccc4c(c3)OCO4)c2N1. The van der Waals surface area contributed by atoms with Crippen LogP contribution < -0.4 is 14.8 Å². The normalized spacial score (nSPS) is 17.5. The number of ether oxygens (including phenoxy) is 2. The Hall–Kier alpha value is -3.35. The summed E-state index contributed by atoms with van der Waals surface area (Å²) in [5.41, 5.74) is 2.64. The molecule has 0 saturated carbocycles. The van der Waals surface area contributed by atoms with Gasteiger partial charge in [0.25, 0.3) is 0 Å². The maximum atomic E-state index is 13.7. The van der Waals surface area contributed by atoms with Crippen LogP contribution in [0.2, 0.25) is 0 Å². The van der Waals surface area contributed by atoms with Crippen LogP contribution in [-0.2, 0) is 11.3 Å². The Morgan fingerprint density at radius 3 is 2.96 bits per heavy atom. The van der Waals surface area contributed by atoms with Gasteiger partial charge in [0, 0.05) is 17.9 Å². The number of hydrogen-bond acceptors (Lipinski definition) is 4. The standard InChI is InChI=1S/C20H16FN3O3/c21-14-3-1-2-13(7-14)15-8-19(25)23-20-16(15)9-22-24(20)10-12-4-5-17-18(6-12)27-11-26-17/h1-7,9,15H,8,10-11H2,(H,23,25). The van der Waals surface area contributed by atoms with Gasteiger partial charge >= 0.3 is 0 Å². The summed E-state index contributed by atoms with van der Waals surface area (Å²) < 4.78 is 26.2. The molecule has 0 aliphatic carbocycles. The van der Waals surface area contributed by atoms with Gasteiger partial charge in [0.15, 0.2) is 11.5 Å². The van der Waals surface area contributed by atoms with Crippen LogP contribution in [0.1, 0.15) is 29.0 Å². The maximum absolute atomic E-state index is 13.7. The molecule has 0 spiro atoms. The Kier molecular flexibility index (Phi) is 3.60. The van der Waals surface area contributed by atoms with Gasteiger partial charge in [-0.25, -0.2) is 9.07 Å². The maximum Gasteiger partial charge on any atom is 0.231 e. The number of nitrogens with one attached hydrogen (secondary N) is 1.